The Hall–Kier alpha value is -3.67. The maximum Gasteiger partial charge on any atom is 0.219 e. The van der Waals surface area contributed by atoms with Gasteiger partial charge in [-0.25, -0.2) is 4.98 Å². The van der Waals surface area contributed by atoms with Crippen LogP contribution in [0.5, 0.6) is 23.1 Å². The lowest BCUT2D eigenvalue weighted by Gasteiger charge is -2.21. The van der Waals surface area contributed by atoms with Crippen LogP contribution in [0.25, 0.3) is 0 Å². The molecular weight excluding hydrogens is 330 g/mol. The molecule has 2 aromatic carbocycles. The highest BCUT2D eigenvalue weighted by molar-refractivity contribution is 5.60. The van der Waals surface area contributed by atoms with Crippen molar-refractivity contribution in [1.82, 2.24) is 10.0 Å². The van der Waals surface area contributed by atoms with Crippen molar-refractivity contribution in [2.45, 2.75) is 0 Å². The number of hydroxylamine groups is 2. The Kier molecular flexibility index (Phi) is 4.30. The van der Waals surface area contributed by atoms with E-state index in [0.29, 0.717) is 24.0 Å². The van der Waals surface area contributed by atoms with Crippen molar-refractivity contribution in [2.24, 2.45) is 0 Å². The second kappa shape index (κ2) is 7.06. The zero-order chi connectivity index (χ0) is 17.8. The first-order valence-corrected chi connectivity index (χ1v) is 8.14. The molecule has 26 heavy (non-hydrogen) atoms. The molecule has 0 saturated heterocycles. The van der Waals surface area contributed by atoms with Gasteiger partial charge in [0.15, 0.2) is 5.75 Å². The number of aromatic nitrogens is 1. The maximum atomic E-state index is 9.97. The Bertz CT molecular complexity index is 915. The van der Waals surface area contributed by atoms with E-state index in [1.165, 1.54) is 0 Å². The molecule has 0 radical (unpaired) electrons. The fourth-order valence-corrected chi connectivity index (χ4v) is 2.58. The van der Waals surface area contributed by atoms with E-state index in [-0.39, 0.29) is 5.75 Å². The fourth-order valence-electron chi connectivity index (χ4n) is 2.58. The van der Waals surface area contributed by atoms with Crippen molar-refractivity contribution in [3.05, 3.63) is 85.3 Å². The second-order valence-corrected chi connectivity index (χ2v) is 5.65. The number of benzene rings is 2. The first kappa shape index (κ1) is 15.8. The number of pyridine rings is 1. The second-order valence-electron chi connectivity index (χ2n) is 5.65. The molecule has 1 aromatic heterocycles. The molecule has 0 aliphatic carbocycles. The van der Waals surface area contributed by atoms with Gasteiger partial charge in [0.1, 0.15) is 18.2 Å². The van der Waals surface area contributed by atoms with Crippen LogP contribution in [0.15, 0.2) is 85.3 Å². The summed E-state index contributed by atoms with van der Waals surface area (Å²) in [4.78, 5) is 11.9. The first-order chi connectivity index (χ1) is 12.8. The van der Waals surface area contributed by atoms with Gasteiger partial charge >= 0.3 is 0 Å². The summed E-state index contributed by atoms with van der Waals surface area (Å²) in [7, 11) is 0. The van der Waals surface area contributed by atoms with Crippen LogP contribution < -0.4 is 14.5 Å². The maximum absolute atomic E-state index is 9.97. The number of ether oxygens (including phenoxy) is 1. The van der Waals surface area contributed by atoms with E-state index in [1.54, 1.807) is 41.7 Å². The Morgan fingerprint density at radius 1 is 0.885 bits per heavy atom. The summed E-state index contributed by atoms with van der Waals surface area (Å²) in [6, 6.07) is 20.0. The van der Waals surface area contributed by atoms with Crippen LogP contribution in [0.2, 0.25) is 0 Å². The normalized spacial score (nSPS) is 13.1. The van der Waals surface area contributed by atoms with E-state index in [2.05, 4.69) is 4.98 Å². The van der Waals surface area contributed by atoms with Crippen molar-refractivity contribution in [1.29, 1.82) is 0 Å². The number of rotatable bonds is 5. The summed E-state index contributed by atoms with van der Waals surface area (Å²) in [5, 5.41) is 11.6. The molecule has 0 saturated carbocycles. The van der Waals surface area contributed by atoms with Gasteiger partial charge in [0.05, 0.1) is 11.9 Å². The summed E-state index contributed by atoms with van der Waals surface area (Å²) in [6.45, 7) is 0.461. The molecule has 6 nitrogen and oxygen atoms in total. The molecule has 0 spiro atoms. The topological polar surface area (TPSA) is 58.1 Å². The lowest BCUT2D eigenvalue weighted by Crippen LogP contribution is -2.27. The molecule has 1 N–H and O–H groups in total. The average molecular weight is 347 g/mol. The molecular formula is C20H17N3O3. The molecule has 0 fully saturated rings. The summed E-state index contributed by atoms with van der Waals surface area (Å²) >= 11 is 0. The highest BCUT2D eigenvalue weighted by Gasteiger charge is 2.17. The van der Waals surface area contributed by atoms with Gasteiger partial charge in [0.2, 0.25) is 5.88 Å². The van der Waals surface area contributed by atoms with Gasteiger partial charge in [-0.2, -0.15) is 5.06 Å². The van der Waals surface area contributed by atoms with Gasteiger partial charge in [-0.05, 0) is 30.3 Å². The minimum absolute atomic E-state index is 0.227. The van der Waals surface area contributed by atoms with Crippen LogP contribution in [0, 0.1) is 0 Å². The molecule has 0 atom stereocenters. The summed E-state index contributed by atoms with van der Waals surface area (Å²) in [5.41, 5.74) is 0.724. The predicted molar refractivity (Wildman–Crippen MR) is 97.8 cm³/mol. The monoisotopic (exact) mass is 347 g/mol. The zero-order valence-electron chi connectivity index (χ0n) is 13.9. The molecule has 0 unspecified atom stereocenters. The minimum Gasteiger partial charge on any atom is -0.506 e. The number of para-hydroxylation sites is 2. The minimum atomic E-state index is 0.227. The number of nitrogens with zero attached hydrogens (tertiary/aromatic N) is 3. The largest absolute Gasteiger partial charge is 0.506 e. The molecule has 130 valence electrons. The Morgan fingerprint density at radius 3 is 2.58 bits per heavy atom. The summed E-state index contributed by atoms with van der Waals surface area (Å²) in [6.07, 6.45) is 5.33. The van der Waals surface area contributed by atoms with Crippen LogP contribution in [0.4, 0.5) is 5.69 Å². The van der Waals surface area contributed by atoms with Crippen LogP contribution in [0.1, 0.15) is 0 Å². The van der Waals surface area contributed by atoms with Crippen molar-refractivity contribution >= 4 is 5.69 Å². The highest BCUT2D eigenvalue weighted by Crippen LogP contribution is 2.30. The number of phenols is 1. The molecule has 2 heterocycles. The molecule has 3 aromatic rings. The summed E-state index contributed by atoms with van der Waals surface area (Å²) in [5.74, 6) is 2.03. The van der Waals surface area contributed by atoms with Crippen LogP contribution >= 0.6 is 0 Å². The average Bonchev–Trinajstić information content (AvgIpc) is 3.11. The van der Waals surface area contributed by atoms with E-state index >= 15 is 0 Å². The number of hydrogen-bond donors (Lipinski definition) is 1. The third-order valence-electron chi connectivity index (χ3n) is 3.78. The van der Waals surface area contributed by atoms with Gasteiger partial charge in [0.25, 0.3) is 0 Å². The number of phenolic OH excluding ortho intramolecular Hbond substituents is 1. The van der Waals surface area contributed by atoms with Crippen LogP contribution in [0.3, 0.4) is 0 Å². The number of hydrogen-bond acceptors (Lipinski definition) is 6. The summed E-state index contributed by atoms with van der Waals surface area (Å²) < 4.78 is 5.72. The van der Waals surface area contributed by atoms with E-state index in [9.17, 15) is 5.11 Å². The van der Waals surface area contributed by atoms with Crippen LogP contribution in [-0.2, 0) is 0 Å². The van der Waals surface area contributed by atoms with Gasteiger partial charge in [0, 0.05) is 24.5 Å². The number of aromatic hydroxyl groups is 1. The third kappa shape index (κ3) is 3.54. The van der Waals surface area contributed by atoms with Gasteiger partial charge in [-0.15, -0.1) is 0 Å². The fraction of sp³-hybridized carbons (Fsp3) is 0.0500. The van der Waals surface area contributed by atoms with Gasteiger partial charge < -0.3 is 19.6 Å². The Morgan fingerprint density at radius 2 is 1.73 bits per heavy atom. The Labute approximate surface area is 151 Å². The van der Waals surface area contributed by atoms with Crippen molar-refractivity contribution in [2.75, 3.05) is 11.6 Å². The smallest absolute Gasteiger partial charge is 0.219 e. The van der Waals surface area contributed by atoms with Gasteiger partial charge in [-0.1, -0.05) is 24.3 Å². The molecule has 1 aliphatic rings. The Balaban J connectivity index is 1.42. The third-order valence-corrected chi connectivity index (χ3v) is 3.78. The lowest BCUT2D eigenvalue weighted by atomic mass is 10.3. The molecule has 6 heteroatoms. The standard InChI is InChI=1S/C20H17N3O3/c24-19-9-2-1-8-18(19)22-12-13-23(15-22)26-17-7-5-6-16(14-17)25-20-10-3-4-11-21-20/h1-14,24H,15H2. The van der Waals surface area contributed by atoms with Crippen molar-refractivity contribution in [3.8, 4) is 23.1 Å². The lowest BCUT2D eigenvalue weighted by molar-refractivity contribution is 0.00316. The van der Waals surface area contributed by atoms with Gasteiger partial charge in [-0.3, -0.25) is 0 Å². The predicted octanol–water partition coefficient (Wildman–Crippen LogP) is 4.12. The zero-order valence-corrected chi connectivity index (χ0v) is 13.9. The van der Waals surface area contributed by atoms with E-state index in [0.717, 1.165) is 5.69 Å². The van der Waals surface area contributed by atoms with Crippen molar-refractivity contribution in [3.63, 3.8) is 0 Å². The molecule has 1 aliphatic heterocycles. The quantitative estimate of drug-likeness (QED) is 0.749. The molecule has 0 amide bonds. The van der Waals surface area contributed by atoms with E-state index in [1.807, 2.05) is 53.6 Å². The molecule has 0 bridgehead atoms. The van der Waals surface area contributed by atoms with Crippen LogP contribution in [-0.4, -0.2) is 21.8 Å². The SMILES string of the molecule is Oc1ccccc1N1C=CN(Oc2cccc(Oc3ccccn3)c2)C1. The highest BCUT2D eigenvalue weighted by atomic mass is 16.7. The van der Waals surface area contributed by atoms with E-state index < -0.39 is 0 Å². The number of anilines is 1. The van der Waals surface area contributed by atoms with Crippen molar-refractivity contribution < 1.29 is 14.7 Å². The van der Waals surface area contributed by atoms with E-state index in [4.69, 9.17) is 9.57 Å². The molecule has 4 rings (SSSR count). The first-order valence-electron chi connectivity index (χ1n) is 8.14.